The number of nitrogens with one attached hydrogen (secondary N) is 1. The lowest BCUT2D eigenvalue weighted by Crippen LogP contribution is -2.29. The number of aromatic nitrogens is 2. The topological polar surface area (TPSA) is 29.9 Å². The van der Waals surface area contributed by atoms with Crippen LogP contribution in [0.3, 0.4) is 0 Å². The Labute approximate surface area is 112 Å². The summed E-state index contributed by atoms with van der Waals surface area (Å²) in [5, 5.41) is 3.38. The minimum absolute atomic E-state index is 0.189. The number of hydrogen-bond acceptors (Lipinski definition) is 2. The van der Waals surface area contributed by atoms with E-state index >= 15 is 0 Å². The van der Waals surface area contributed by atoms with E-state index in [1.165, 1.54) is 12.1 Å². The van der Waals surface area contributed by atoms with Crippen LogP contribution < -0.4 is 5.32 Å². The fraction of sp³-hybridized carbons (Fsp3) is 0.400. The van der Waals surface area contributed by atoms with Gasteiger partial charge in [0.25, 0.3) is 0 Å². The number of halogens is 1. The molecule has 1 fully saturated rings. The van der Waals surface area contributed by atoms with E-state index in [4.69, 9.17) is 0 Å². The van der Waals surface area contributed by atoms with Crippen molar-refractivity contribution in [2.75, 3.05) is 13.1 Å². The van der Waals surface area contributed by atoms with Crippen molar-refractivity contribution in [2.45, 2.75) is 25.3 Å². The van der Waals surface area contributed by atoms with Gasteiger partial charge in [-0.05, 0) is 43.6 Å². The zero-order valence-electron chi connectivity index (χ0n) is 10.8. The molecule has 4 heteroatoms. The van der Waals surface area contributed by atoms with Crippen LogP contribution in [0.25, 0.3) is 0 Å². The molecule has 19 heavy (non-hydrogen) atoms. The van der Waals surface area contributed by atoms with Crippen molar-refractivity contribution >= 4 is 0 Å². The smallest absolute Gasteiger partial charge is 0.123 e. The zero-order chi connectivity index (χ0) is 13.1. The fourth-order valence-electron chi connectivity index (χ4n) is 2.68. The molecular formula is C15H18FN3. The molecule has 0 radical (unpaired) electrons. The maximum absolute atomic E-state index is 12.9. The molecule has 3 nitrogen and oxygen atoms in total. The Morgan fingerprint density at radius 2 is 1.95 bits per heavy atom. The molecule has 1 saturated heterocycles. The Kier molecular flexibility index (Phi) is 3.60. The van der Waals surface area contributed by atoms with E-state index in [0.29, 0.717) is 6.04 Å². The number of piperidine rings is 1. The van der Waals surface area contributed by atoms with Gasteiger partial charge in [0.1, 0.15) is 11.6 Å². The molecule has 1 aliphatic heterocycles. The number of rotatable bonds is 3. The largest absolute Gasteiger partial charge is 0.332 e. The average molecular weight is 259 g/mol. The Bertz CT molecular complexity index is 527. The first kappa shape index (κ1) is 12.4. The van der Waals surface area contributed by atoms with E-state index in [9.17, 15) is 4.39 Å². The highest BCUT2D eigenvalue weighted by Gasteiger charge is 2.17. The second-order valence-corrected chi connectivity index (χ2v) is 5.04. The van der Waals surface area contributed by atoms with Gasteiger partial charge >= 0.3 is 0 Å². The van der Waals surface area contributed by atoms with Crippen LogP contribution in [0.2, 0.25) is 0 Å². The van der Waals surface area contributed by atoms with Gasteiger partial charge in [-0.1, -0.05) is 12.1 Å². The lowest BCUT2D eigenvalue weighted by molar-refractivity contribution is 0.361. The summed E-state index contributed by atoms with van der Waals surface area (Å²) in [5.74, 6) is 0.879. The van der Waals surface area contributed by atoms with Gasteiger partial charge < -0.3 is 9.88 Å². The van der Waals surface area contributed by atoms with Crippen molar-refractivity contribution < 1.29 is 4.39 Å². The lowest BCUT2D eigenvalue weighted by atomic mass is 10.1. The van der Waals surface area contributed by atoms with Crippen LogP contribution in [0.4, 0.5) is 4.39 Å². The maximum atomic E-state index is 12.9. The van der Waals surface area contributed by atoms with E-state index in [-0.39, 0.29) is 5.82 Å². The van der Waals surface area contributed by atoms with Crippen molar-refractivity contribution in [3.8, 4) is 0 Å². The molecule has 0 atom stereocenters. The molecule has 100 valence electrons. The van der Waals surface area contributed by atoms with Crippen molar-refractivity contribution in [3.63, 3.8) is 0 Å². The van der Waals surface area contributed by atoms with Crippen molar-refractivity contribution in [3.05, 3.63) is 53.9 Å². The summed E-state index contributed by atoms with van der Waals surface area (Å²) in [7, 11) is 0. The number of imidazole rings is 1. The number of nitrogens with zero attached hydrogens (tertiary/aromatic N) is 2. The summed E-state index contributed by atoms with van der Waals surface area (Å²) >= 11 is 0. The van der Waals surface area contributed by atoms with Gasteiger partial charge in [0, 0.05) is 24.9 Å². The van der Waals surface area contributed by atoms with Gasteiger partial charge in [-0.3, -0.25) is 0 Å². The van der Waals surface area contributed by atoms with Crippen LogP contribution in [0, 0.1) is 5.82 Å². The summed E-state index contributed by atoms with van der Waals surface area (Å²) in [6, 6.07) is 7.22. The molecule has 0 spiro atoms. The molecule has 0 bridgehead atoms. The molecule has 1 aromatic heterocycles. The molecule has 0 aliphatic carbocycles. The Hall–Kier alpha value is -1.68. The Morgan fingerprint density at radius 1 is 1.21 bits per heavy atom. The van der Waals surface area contributed by atoms with E-state index < -0.39 is 0 Å². The third-order valence-electron chi connectivity index (χ3n) is 3.73. The summed E-state index contributed by atoms with van der Waals surface area (Å²) in [6.45, 7) is 2.14. The van der Waals surface area contributed by atoms with Crippen LogP contribution in [0.15, 0.2) is 36.7 Å². The third-order valence-corrected chi connectivity index (χ3v) is 3.73. The van der Waals surface area contributed by atoms with Crippen molar-refractivity contribution in [1.29, 1.82) is 0 Å². The van der Waals surface area contributed by atoms with Crippen LogP contribution in [-0.4, -0.2) is 22.6 Å². The van der Waals surface area contributed by atoms with Crippen molar-refractivity contribution in [2.24, 2.45) is 0 Å². The molecule has 0 amide bonds. The highest BCUT2D eigenvalue weighted by Crippen LogP contribution is 2.21. The highest BCUT2D eigenvalue weighted by atomic mass is 19.1. The SMILES string of the molecule is Fc1ccc(Cc2nccn2C2CCNCC2)cc1. The van der Waals surface area contributed by atoms with Gasteiger partial charge in [0.05, 0.1) is 0 Å². The van der Waals surface area contributed by atoms with Gasteiger partial charge in [-0.15, -0.1) is 0 Å². The standard InChI is InChI=1S/C15H18FN3/c16-13-3-1-12(2-4-13)11-15-18-9-10-19(15)14-5-7-17-8-6-14/h1-4,9-10,14,17H,5-8,11H2. The maximum Gasteiger partial charge on any atom is 0.123 e. The molecule has 0 saturated carbocycles. The second-order valence-electron chi connectivity index (χ2n) is 5.04. The Morgan fingerprint density at radius 3 is 2.68 bits per heavy atom. The number of hydrogen-bond donors (Lipinski definition) is 1. The Balaban J connectivity index is 1.77. The molecule has 1 aliphatic rings. The van der Waals surface area contributed by atoms with E-state index in [0.717, 1.165) is 43.7 Å². The minimum atomic E-state index is -0.189. The number of benzene rings is 1. The van der Waals surface area contributed by atoms with Crippen molar-refractivity contribution in [1.82, 2.24) is 14.9 Å². The van der Waals surface area contributed by atoms with Gasteiger partial charge in [0.15, 0.2) is 0 Å². The molecule has 2 aromatic rings. The minimum Gasteiger partial charge on any atom is -0.332 e. The summed E-state index contributed by atoms with van der Waals surface area (Å²) in [4.78, 5) is 4.46. The monoisotopic (exact) mass is 259 g/mol. The third kappa shape index (κ3) is 2.84. The molecular weight excluding hydrogens is 241 g/mol. The molecule has 2 heterocycles. The zero-order valence-corrected chi connectivity index (χ0v) is 10.8. The lowest BCUT2D eigenvalue weighted by Gasteiger charge is -2.25. The van der Waals surface area contributed by atoms with E-state index in [1.54, 1.807) is 0 Å². The first-order valence-electron chi connectivity index (χ1n) is 6.80. The quantitative estimate of drug-likeness (QED) is 0.918. The predicted molar refractivity (Wildman–Crippen MR) is 72.6 cm³/mol. The normalized spacial score (nSPS) is 16.7. The van der Waals surface area contributed by atoms with Crippen LogP contribution >= 0.6 is 0 Å². The highest BCUT2D eigenvalue weighted by molar-refractivity contribution is 5.20. The molecule has 1 N–H and O–H groups in total. The average Bonchev–Trinajstić information content (AvgIpc) is 2.90. The van der Waals surface area contributed by atoms with Gasteiger partial charge in [0.2, 0.25) is 0 Å². The predicted octanol–water partition coefficient (Wildman–Crippen LogP) is 2.54. The van der Waals surface area contributed by atoms with Crippen LogP contribution in [-0.2, 0) is 6.42 Å². The molecule has 1 aromatic carbocycles. The summed E-state index contributed by atoms with van der Waals surface area (Å²) in [6.07, 6.45) is 6.98. The summed E-state index contributed by atoms with van der Waals surface area (Å²) < 4.78 is 15.2. The molecule has 0 unspecified atom stereocenters. The molecule has 3 rings (SSSR count). The van der Waals surface area contributed by atoms with Gasteiger partial charge in [-0.25, -0.2) is 9.37 Å². The van der Waals surface area contributed by atoms with E-state index in [2.05, 4.69) is 21.1 Å². The van der Waals surface area contributed by atoms with E-state index in [1.807, 2.05) is 18.3 Å². The van der Waals surface area contributed by atoms with Gasteiger partial charge in [-0.2, -0.15) is 0 Å². The first-order valence-corrected chi connectivity index (χ1v) is 6.80. The first-order chi connectivity index (χ1) is 9.33. The summed E-state index contributed by atoms with van der Waals surface area (Å²) in [5.41, 5.74) is 1.10. The van der Waals surface area contributed by atoms with Crippen LogP contribution in [0.1, 0.15) is 30.3 Å². The second kappa shape index (κ2) is 5.53. The van der Waals surface area contributed by atoms with Crippen LogP contribution in [0.5, 0.6) is 0 Å². The fourth-order valence-corrected chi connectivity index (χ4v) is 2.68.